The van der Waals surface area contributed by atoms with Gasteiger partial charge in [-0.1, -0.05) is 55.8 Å². The Morgan fingerprint density at radius 1 is 1.14 bits per heavy atom. The molecule has 0 radical (unpaired) electrons. The number of ether oxygens (including phenoxy) is 1. The van der Waals surface area contributed by atoms with E-state index < -0.39 is 0 Å². The maximum atomic E-state index is 12.8. The maximum Gasteiger partial charge on any atom is 0.260 e. The van der Waals surface area contributed by atoms with E-state index in [9.17, 15) is 9.90 Å². The van der Waals surface area contributed by atoms with Gasteiger partial charge in [0.05, 0.1) is 15.3 Å². The number of thiophene rings is 1. The molecule has 0 aliphatic rings. The normalized spacial score (nSPS) is 12.2. The SMILES string of the molecule is CCC(C)c1c(Cl)sc2[nH]c(=O)c(-c3cccc(Oc4ccccc4)c3)c(O)c12. The summed E-state index contributed by atoms with van der Waals surface area (Å²) in [6.45, 7) is 4.13. The summed E-state index contributed by atoms with van der Waals surface area (Å²) in [6.07, 6.45) is 0.875. The number of hydrogen-bond acceptors (Lipinski definition) is 4. The molecule has 4 aromatic rings. The van der Waals surface area contributed by atoms with Gasteiger partial charge in [0, 0.05) is 0 Å². The summed E-state index contributed by atoms with van der Waals surface area (Å²) in [6, 6.07) is 16.5. The number of aromatic amines is 1. The number of hydrogen-bond donors (Lipinski definition) is 2. The second-order valence-corrected chi connectivity index (χ2v) is 8.55. The lowest BCUT2D eigenvalue weighted by Gasteiger charge is -2.12. The van der Waals surface area contributed by atoms with Crippen molar-refractivity contribution in [3.8, 4) is 28.4 Å². The highest BCUT2D eigenvalue weighted by Crippen LogP contribution is 2.45. The maximum absolute atomic E-state index is 12.8. The minimum Gasteiger partial charge on any atom is -0.506 e. The molecule has 6 heteroatoms. The number of pyridine rings is 1. The van der Waals surface area contributed by atoms with Gasteiger partial charge in [-0.3, -0.25) is 4.79 Å². The smallest absolute Gasteiger partial charge is 0.260 e. The average molecular weight is 426 g/mol. The van der Waals surface area contributed by atoms with Gasteiger partial charge < -0.3 is 14.8 Å². The van der Waals surface area contributed by atoms with Crippen LogP contribution in [0.2, 0.25) is 4.34 Å². The van der Waals surface area contributed by atoms with Crippen LogP contribution in [0.5, 0.6) is 17.2 Å². The third-order valence-corrected chi connectivity index (χ3v) is 6.38. The van der Waals surface area contributed by atoms with Crippen LogP contribution in [0.1, 0.15) is 31.7 Å². The molecule has 1 atom stereocenters. The first-order chi connectivity index (χ1) is 14.0. The molecule has 1 unspecified atom stereocenters. The number of halogens is 1. The predicted octanol–water partition coefficient (Wildman–Crippen LogP) is 6.92. The van der Waals surface area contributed by atoms with Crippen molar-refractivity contribution in [1.29, 1.82) is 0 Å². The number of aromatic hydroxyl groups is 1. The number of aromatic nitrogens is 1. The fourth-order valence-corrected chi connectivity index (χ4v) is 4.95. The van der Waals surface area contributed by atoms with Gasteiger partial charge in [-0.15, -0.1) is 11.3 Å². The minimum absolute atomic E-state index is 0.0425. The molecule has 0 saturated carbocycles. The summed E-state index contributed by atoms with van der Waals surface area (Å²) in [4.78, 5) is 16.3. The van der Waals surface area contributed by atoms with E-state index >= 15 is 0 Å². The summed E-state index contributed by atoms with van der Waals surface area (Å²) < 4.78 is 6.47. The lowest BCUT2D eigenvalue weighted by atomic mass is 9.96. The van der Waals surface area contributed by atoms with Gasteiger partial charge in [-0.25, -0.2) is 0 Å². The van der Waals surface area contributed by atoms with E-state index in [0.717, 1.165) is 12.0 Å². The second kappa shape index (κ2) is 7.93. The minimum atomic E-state index is -0.361. The highest BCUT2D eigenvalue weighted by molar-refractivity contribution is 7.22. The molecule has 2 aromatic carbocycles. The van der Waals surface area contributed by atoms with Crippen LogP contribution in [-0.4, -0.2) is 10.1 Å². The summed E-state index contributed by atoms with van der Waals surface area (Å²) in [5, 5.41) is 11.7. The largest absolute Gasteiger partial charge is 0.506 e. The monoisotopic (exact) mass is 425 g/mol. The third kappa shape index (κ3) is 3.63. The fourth-order valence-electron chi connectivity index (χ4n) is 3.39. The molecule has 0 bridgehead atoms. The van der Waals surface area contributed by atoms with Crippen LogP contribution in [0.4, 0.5) is 0 Å². The predicted molar refractivity (Wildman–Crippen MR) is 120 cm³/mol. The topological polar surface area (TPSA) is 62.3 Å². The van der Waals surface area contributed by atoms with Gasteiger partial charge in [0.25, 0.3) is 5.56 Å². The van der Waals surface area contributed by atoms with Crippen LogP contribution in [-0.2, 0) is 0 Å². The zero-order valence-corrected chi connectivity index (χ0v) is 17.6. The van der Waals surface area contributed by atoms with Crippen LogP contribution in [0.25, 0.3) is 21.3 Å². The van der Waals surface area contributed by atoms with E-state index in [1.165, 1.54) is 11.3 Å². The molecule has 2 aromatic heterocycles. The van der Waals surface area contributed by atoms with Gasteiger partial charge in [-0.05, 0) is 47.7 Å². The molecular formula is C23H20ClNO3S. The van der Waals surface area contributed by atoms with Crippen molar-refractivity contribution in [2.45, 2.75) is 26.2 Å². The van der Waals surface area contributed by atoms with Gasteiger partial charge >= 0.3 is 0 Å². The lowest BCUT2D eigenvalue weighted by molar-refractivity contribution is 0.480. The van der Waals surface area contributed by atoms with Crippen molar-refractivity contribution < 1.29 is 9.84 Å². The Labute approximate surface area is 177 Å². The van der Waals surface area contributed by atoms with Crippen molar-refractivity contribution >= 4 is 33.2 Å². The van der Waals surface area contributed by atoms with Crippen molar-refractivity contribution in [3.05, 3.63) is 74.9 Å². The van der Waals surface area contributed by atoms with Gasteiger partial charge in [0.15, 0.2) is 0 Å². The van der Waals surface area contributed by atoms with Crippen molar-refractivity contribution in [3.63, 3.8) is 0 Å². The first-order valence-corrected chi connectivity index (χ1v) is 10.6. The van der Waals surface area contributed by atoms with Crippen LogP contribution in [0.3, 0.4) is 0 Å². The molecule has 0 saturated heterocycles. The van der Waals surface area contributed by atoms with Crippen molar-refractivity contribution in [1.82, 2.24) is 4.98 Å². The second-order valence-electron chi connectivity index (χ2n) is 6.92. The third-order valence-electron chi connectivity index (χ3n) is 5.03. The summed E-state index contributed by atoms with van der Waals surface area (Å²) in [7, 11) is 0. The molecule has 0 amide bonds. The molecule has 0 aliphatic carbocycles. The lowest BCUT2D eigenvalue weighted by Crippen LogP contribution is -2.09. The highest BCUT2D eigenvalue weighted by atomic mass is 35.5. The molecule has 0 spiro atoms. The molecule has 4 nitrogen and oxygen atoms in total. The van der Waals surface area contributed by atoms with Gasteiger partial charge in [-0.2, -0.15) is 0 Å². The fraction of sp³-hybridized carbons (Fsp3) is 0.174. The van der Waals surface area contributed by atoms with Gasteiger partial charge in [0.1, 0.15) is 22.1 Å². The molecular weight excluding hydrogens is 406 g/mol. The molecule has 29 heavy (non-hydrogen) atoms. The quantitative estimate of drug-likeness (QED) is 0.364. The zero-order valence-electron chi connectivity index (χ0n) is 16.0. The van der Waals surface area contributed by atoms with E-state index in [-0.39, 0.29) is 22.8 Å². The summed E-state index contributed by atoms with van der Waals surface area (Å²) in [5.74, 6) is 1.40. The molecule has 2 N–H and O–H groups in total. The Hall–Kier alpha value is -2.76. The Bertz CT molecular complexity index is 1230. The van der Waals surface area contributed by atoms with E-state index in [2.05, 4.69) is 18.8 Å². The number of nitrogens with one attached hydrogen (secondary N) is 1. The first kappa shape index (κ1) is 19.6. The number of benzene rings is 2. The molecule has 4 rings (SSSR count). The van der Waals surface area contributed by atoms with Gasteiger partial charge in [0.2, 0.25) is 0 Å². The average Bonchev–Trinajstić information content (AvgIpc) is 3.04. The number of H-pyrrole nitrogens is 1. The number of para-hydroxylation sites is 1. The first-order valence-electron chi connectivity index (χ1n) is 9.40. The zero-order chi connectivity index (χ0) is 20.5. The van der Waals surface area contributed by atoms with E-state index in [0.29, 0.717) is 31.6 Å². The van der Waals surface area contributed by atoms with Crippen molar-refractivity contribution in [2.75, 3.05) is 0 Å². The standard InChI is InChI=1S/C23H20ClNO3S/c1-3-13(2)17-19-20(26)18(22(27)25-23(19)29-21(17)24)14-8-7-11-16(12-14)28-15-9-5-4-6-10-15/h4-13H,3H2,1-2H3,(H2,25,26,27). The summed E-state index contributed by atoms with van der Waals surface area (Å²) >= 11 is 7.73. The highest BCUT2D eigenvalue weighted by Gasteiger charge is 2.23. The van der Waals surface area contributed by atoms with Crippen LogP contribution >= 0.6 is 22.9 Å². The van der Waals surface area contributed by atoms with E-state index in [4.69, 9.17) is 16.3 Å². The number of rotatable bonds is 5. The molecule has 148 valence electrons. The molecule has 0 aliphatic heterocycles. The number of fused-ring (bicyclic) bond motifs is 1. The molecule has 2 heterocycles. The van der Waals surface area contributed by atoms with Crippen LogP contribution in [0.15, 0.2) is 59.4 Å². The van der Waals surface area contributed by atoms with Crippen molar-refractivity contribution in [2.24, 2.45) is 0 Å². The molecule has 0 fully saturated rings. The van der Waals surface area contributed by atoms with Crippen LogP contribution < -0.4 is 10.3 Å². The Morgan fingerprint density at radius 2 is 1.86 bits per heavy atom. The Balaban J connectivity index is 1.86. The Kier molecular flexibility index (Phi) is 5.35. The van der Waals surface area contributed by atoms with E-state index in [1.807, 2.05) is 36.4 Å². The van der Waals surface area contributed by atoms with Crippen LogP contribution in [0, 0.1) is 0 Å². The summed E-state index contributed by atoms with van der Waals surface area (Å²) in [5.41, 5.74) is 1.31. The van der Waals surface area contributed by atoms with E-state index in [1.54, 1.807) is 18.2 Å². The Morgan fingerprint density at radius 3 is 2.59 bits per heavy atom.